The van der Waals surface area contributed by atoms with Crippen LogP contribution in [-0.4, -0.2) is 17.0 Å². The van der Waals surface area contributed by atoms with Crippen LogP contribution in [0, 0.1) is 0 Å². The average molecular weight is 293 g/mol. The molecule has 0 fully saturated rings. The van der Waals surface area contributed by atoms with Crippen LogP contribution in [0.1, 0.15) is 19.4 Å². The Labute approximate surface area is 118 Å². The van der Waals surface area contributed by atoms with E-state index < -0.39 is 5.97 Å². The third kappa shape index (κ3) is 4.04. The number of hydrogen-bond donors (Lipinski definition) is 2. The minimum atomic E-state index is -1.00. The topological polar surface area (TPSA) is 66.4 Å². The lowest BCUT2D eigenvalue weighted by Gasteiger charge is -2.00. The van der Waals surface area contributed by atoms with E-state index >= 15 is 0 Å². The number of rotatable bonds is 5. The monoisotopic (exact) mass is 293 g/mol. The van der Waals surface area contributed by atoms with E-state index in [4.69, 9.17) is 5.11 Å². The lowest BCUT2D eigenvalue weighted by molar-refractivity contribution is -0.131. The van der Waals surface area contributed by atoms with Crippen molar-refractivity contribution in [1.29, 1.82) is 0 Å². The largest absolute Gasteiger partial charge is 0.478 e. The van der Waals surface area contributed by atoms with Gasteiger partial charge in [0.1, 0.15) is 0 Å². The summed E-state index contributed by atoms with van der Waals surface area (Å²) in [6, 6.07) is 7.31. The van der Waals surface area contributed by atoms with Crippen LogP contribution in [0.4, 0.5) is 0 Å². The summed E-state index contributed by atoms with van der Waals surface area (Å²) in [5.74, 6) is -1.15. The van der Waals surface area contributed by atoms with Gasteiger partial charge in [0.2, 0.25) is 0 Å². The number of hydrogen-bond acceptors (Lipinski definition) is 4. The van der Waals surface area contributed by atoms with E-state index in [0.717, 1.165) is 15.8 Å². The number of thiophene rings is 2. The fraction of sp³-hybridized carbons (Fsp3) is 0.0769. The molecular weight excluding hydrogens is 282 g/mol. The van der Waals surface area contributed by atoms with E-state index in [-0.39, 0.29) is 5.91 Å². The second kappa shape index (κ2) is 6.31. The van der Waals surface area contributed by atoms with E-state index in [1.807, 2.05) is 17.5 Å². The minimum Gasteiger partial charge on any atom is -0.478 e. The van der Waals surface area contributed by atoms with Crippen LogP contribution in [0.15, 0.2) is 35.7 Å². The zero-order chi connectivity index (χ0) is 13.7. The summed E-state index contributed by atoms with van der Waals surface area (Å²) in [6.07, 6.45) is 2.53. The fourth-order valence-electron chi connectivity index (χ4n) is 1.39. The molecule has 0 aliphatic carbocycles. The van der Waals surface area contributed by atoms with Crippen LogP contribution in [0.2, 0.25) is 0 Å². The zero-order valence-corrected chi connectivity index (χ0v) is 11.5. The van der Waals surface area contributed by atoms with Gasteiger partial charge in [-0.2, -0.15) is 0 Å². The Bertz CT molecular complexity index is 599. The second-order valence-electron chi connectivity index (χ2n) is 3.64. The zero-order valence-electron chi connectivity index (χ0n) is 9.83. The van der Waals surface area contributed by atoms with Gasteiger partial charge in [-0.05, 0) is 29.7 Å². The highest BCUT2D eigenvalue weighted by molar-refractivity contribution is 7.14. The van der Waals surface area contributed by atoms with Gasteiger partial charge in [0.25, 0.3) is 5.91 Å². The Balaban J connectivity index is 1.94. The Kier molecular flexibility index (Phi) is 4.48. The van der Waals surface area contributed by atoms with Gasteiger partial charge < -0.3 is 10.4 Å². The Morgan fingerprint density at radius 2 is 2.16 bits per heavy atom. The van der Waals surface area contributed by atoms with Crippen molar-refractivity contribution in [3.05, 3.63) is 50.4 Å². The highest BCUT2D eigenvalue weighted by atomic mass is 32.1. The molecule has 0 atom stereocenters. The van der Waals surface area contributed by atoms with Crippen LogP contribution in [0.3, 0.4) is 0 Å². The van der Waals surface area contributed by atoms with Gasteiger partial charge >= 0.3 is 5.97 Å². The lowest BCUT2D eigenvalue weighted by atomic mass is 10.3. The van der Waals surface area contributed by atoms with Crippen molar-refractivity contribution in [1.82, 2.24) is 5.32 Å². The number of aliphatic carboxylic acids is 1. The quantitative estimate of drug-likeness (QED) is 0.833. The van der Waals surface area contributed by atoms with Gasteiger partial charge in [-0.3, -0.25) is 4.79 Å². The number of nitrogens with one attached hydrogen (secondary N) is 1. The molecule has 6 heteroatoms. The van der Waals surface area contributed by atoms with Crippen LogP contribution >= 0.6 is 22.7 Å². The van der Waals surface area contributed by atoms with Gasteiger partial charge in [-0.25, -0.2) is 4.79 Å². The van der Waals surface area contributed by atoms with Gasteiger partial charge in [-0.1, -0.05) is 6.07 Å². The number of carboxylic acids is 1. The molecule has 2 aromatic rings. The van der Waals surface area contributed by atoms with Gasteiger partial charge in [0.15, 0.2) is 0 Å². The van der Waals surface area contributed by atoms with Gasteiger partial charge in [-0.15, -0.1) is 22.7 Å². The van der Waals surface area contributed by atoms with E-state index in [9.17, 15) is 9.59 Å². The molecule has 0 aliphatic rings. The average Bonchev–Trinajstić information content (AvgIpc) is 3.04. The summed E-state index contributed by atoms with van der Waals surface area (Å²) < 4.78 is 0. The van der Waals surface area contributed by atoms with E-state index in [0.29, 0.717) is 11.4 Å². The van der Waals surface area contributed by atoms with Crippen molar-refractivity contribution in [2.45, 2.75) is 6.54 Å². The molecule has 0 unspecified atom stereocenters. The maximum Gasteiger partial charge on any atom is 0.328 e. The van der Waals surface area contributed by atoms with E-state index in [1.54, 1.807) is 23.5 Å². The summed E-state index contributed by atoms with van der Waals surface area (Å²) in [5, 5.41) is 13.3. The molecular formula is C13H11NO3S2. The number of carbonyl (C=O) groups excluding carboxylic acids is 1. The van der Waals surface area contributed by atoms with Crippen molar-refractivity contribution < 1.29 is 14.7 Å². The molecule has 2 rings (SSSR count). The molecule has 2 heterocycles. The molecule has 2 N–H and O–H groups in total. The highest BCUT2D eigenvalue weighted by Crippen LogP contribution is 2.18. The molecule has 0 bridgehead atoms. The van der Waals surface area contributed by atoms with Crippen LogP contribution in [0.25, 0.3) is 6.08 Å². The first-order valence-corrected chi connectivity index (χ1v) is 7.16. The summed E-state index contributed by atoms with van der Waals surface area (Å²) >= 11 is 2.85. The SMILES string of the molecule is O=C(O)C=Cc1ccc(C(=O)NCc2cccs2)s1. The summed E-state index contributed by atoms with van der Waals surface area (Å²) in [7, 11) is 0. The van der Waals surface area contributed by atoms with Crippen LogP contribution in [-0.2, 0) is 11.3 Å². The standard InChI is InChI=1S/C13H11NO3S2/c15-12(16)6-4-9-3-5-11(19-9)13(17)14-8-10-2-1-7-18-10/h1-7H,8H2,(H,14,17)(H,15,16). The molecule has 0 radical (unpaired) electrons. The van der Waals surface area contributed by atoms with Crippen molar-refractivity contribution >= 4 is 40.6 Å². The number of carbonyl (C=O) groups is 2. The minimum absolute atomic E-state index is 0.145. The summed E-state index contributed by atoms with van der Waals surface area (Å²) in [6.45, 7) is 0.509. The van der Waals surface area contributed by atoms with Crippen LogP contribution < -0.4 is 5.32 Å². The molecule has 0 saturated heterocycles. The third-order valence-corrected chi connectivity index (χ3v) is 4.17. The van der Waals surface area contributed by atoms with Crippen molar-refractivity contribution in [2.75, 3.05) is 0 Å². The van der Waals surface area contributed by atoms with E-state index in [2.05, 4.69) is 5.32 Å². The van der Waals surface area contributed by atoms with E-state index in [1.165, 1.54) is 17.4 Å². The molecule has 0 spiro atoms. The van der Waals surface area contributed by atoms with Crippen molar-refractivity contribution in [2.24, 2.45) is 0 Å². The molecule has 19 heavy (non-hydrogen) atoms. The van der Waals surface area contributed by atoms with Crippen molar-refractivity contribution in [3.63, 3.8) is 0 Å². The number of amides is 1. The maximum atomic E-state index is 11.9. The van der Waals surface area contributed by atoms with Gasteiger partial charge in [0.05, 0.1) is 11.4 Å². The first-order chi connectivity index (χ1) is 9.15. The Morgan fingerprint density at radius 1 is 1.32 bits per heavy atom. The summed E-state index contributed by atoms with van der Waals surface area (Å²) in [4.78, 5) is 24.6. The highest BCUT2D eigenvalue weighted by Gasteiger charge is 2.08. The first kappa shape index (κ1) is 13.5. The third-order valence-electron chi connectivity index (χ3n) is 2.24. The first-order valence-electron chi connectivity index (χ1n) is 5.46. The molecule has 2 aromatic heterocycles. The predicted octanol–water partition coefficient (Wildman–Crippen LogP) is 2.84. The predicted molar refractivity (Wildman–Crippen MR) is 76.5 cm³/mol. The summed E-state index contributed by atoms with van der Waals surface area (Å²) in [5.41, 5.74) is 0. The number of carboxylic acid groups (broad SMARTS) is 1. The molecule has 0 aromatic carbocycles. The molecule has 4 nitrogen and oxygen atoms in total. The smallest absolute Gasteiger partial charge is 0.328 e. The normalized spacial score (nSPS) is 10.7. The second-order valence-corrected chi connectivity index (χ2v) is 5.78. The lowest BCUT2D eigenvalue weighted by Crippen LogP contribution is -2.21. The molecule has 0 aliphatic heterocycles. The maximum absolute atomic E-state index is 11.9. The molecule has 0 saturated carbocycles. The molecule has 98 valence electrons. The Hall–Kier alpha value is -1.92. The van der Waals surface area contributed by atoms with Crippen LogP contribution in [0.5, 0.6) is 0 Å². The fourth-order valence-corrected chi connectivity index (χ4v) is 2.86. The van der Waals surface area contributed by atoms with Gasteiger partial charge in [0, 0.05) is 15.8 Å². The van der Waals surface area contributed by atoms with Crippen molar-refractivity contribution in [3.8, 4) is 0 Å². The Morgan fingerprint density at radius 3 is 2.84 bits per heavy atom. The molecule has 1 amide bonds.